The number of imidazole rings is 1. The molecule has 1 amide bonds. The molecular formula is C20H23N5O. The van der Waals surface area contributed by atoms with Gasteiger partial charge in [-0.2, -0.15) is 0 Å². The van der Waals surface area contributed by atoms with E-state index in [1.165, 1.54) is 23.7 Å². The van der Waals surface area contributed by atoms with Crippen molar-refractivity contribution >= 4 is 16.9 Å². The van der Waals surface area contributed by atoms with Crippen LogP contribution in [0.15, 0.2) is 42.9 Å². The van der Waals surface area contributed by atoms with E-state index in [0.29, 0.717) is 24.1 Å². The highest BCUT2D eigenvalue weighted by Crippen LogP contribution is 2.36. The second kappa shape index (κ2) is 7.23. The summed E-state index contributed by atoms with van der Waals surface area (Å²) >= 11 is 0. The van der Waals surface area contributed by atoms with Crippen molar-refractivity contribution in [2.75, 3.05) is 6.54 Å². The van der Waals surface area contributed by atoms with Crippen LogP contribution in [-0.4, -0.2) is 32.0 Å². The molecule has 1 aliphatic carbocycles. The Morgan fingerprint density at radius 3 is 2.73 bits per heavy atom. The van der Waals surface area contributed by atoms with E-state index in [1.54, 1.807) is 6.20 Å². The number of fused-ring (bicyclic) bond motifs is 1. The second-order valence-electron chi connectivity index (χ2n) is 7.04. The Morgan fingerprint density at radius 1 is 1.19 bits per heavy atom. The van der Waals surface area contributed by atoms with Gasteiger partial charge in [0.05, 0.1) is 17.2 Å². The maximum Gasteiger partial charge on any atom is 0.271 e. The third kappa shape index (κ3) is 3.31. The van der Waals surface area contributed by atoms with E-state index in [2.05, 4.69) is 45.1 Å². The number of nitrogens with zero attached hydrogens (tertiary/aromatic N) is 4. The van der Waals surface area contributed by atoms with E-state index >= 15 is 0 Å². The third-order valence-corrected chi connectivity index (χ3v) is 5.38. The number of hydrogen-bond donors (Lipinski definition) is 1. The Morgan fingerprint density at radius 2 is 2.00 bits per heavy atom. The van der Waals surface area contributed by atoms with E-state index < -0.39 is 0 Å². The van der Waals surface area contributed by atoms with Crippen molar-refractivity contribution in [3.8, 4) is 0 Å². The molecule has 1 N–H and O–H groups in total. The van der Waals surface area contributed by atoms with Gasteiger partial charge >= 0.3 is 0 Å². The lowest BCUT2D eigenvalue weighted by Gasteiger charge is -2.28. The molecule has 0 saturated heterocycles. The molecule has 0 bridgehead atoms. The first-order valence-corrected chi connectivity index (χ1v) is 9.18. The minimum absolute atomic E-state index is 0.143. The smallest absolute Gasteiger partial charge is 0.271 e. The zero-order valence-electron chi connectivity index (χ0n) is 14.9. The van der Waals surface area contributed by atoms with Crippen molar-refractivity contribution in [2.24, 2.45) is 13.0 Å². The molecule has 6 nitrogen and oxygen atoms in total. The maximum absolute atomic E-state index is 12.1. The van der Waals surface area contributed by atoms with Crippen LogP contribution in [-0.2, 0) is 7.05 Å². The molecule has 2 heterocycles. The van der Waals surface area contributed by atoms with Crippen LogP contribution >= 0.6 is 0 Å². The topological polar surface area (TPSA) is 72.7 Å². The fourth-order valence-corrected chi connectivity index (χ4v) is 3.90. The number of benzene rings is 1. The Hall–Kier alpha value is -2.76. The summed E-state index contributed by atoms with van der Waals surface area (Å²) in [6.07, 6.45) is 9.04. The summed E-state index contributed by atoms with van der Waals surface area (Å²) in [5.41, 5.74) is 2.64. The number of para-hydroxylation sites is 2. The lowest BCUT2D eigenvalue weighted by Crippen LogP contribution is -2.31. The highest BCUT2D eigenvalue weighted by molar-refractivity contribution is 5.91. The van der Waals surface area contributed by atoms with Crippen molar-refractivity contribution in [2.45, 2.75) is 31.6 Å². The van der Waals surface area contributed by atoms with Crippen LogP contribution in [0.1, 0.15) is 47.9 Å². The summed E-state index contributed by atoms with van der Waals surface area (Å²) in [5, 5.41) is 2.99. The molecule has 4 rings (SSSR count). The van der Waals surface area contributed by atoms with Gasteiger partial charge in [0.15, 0.2) is 0 Å². The molecule has 6 heteroatoms. The molecule has 134 valence electrons. The molecular weight excluding hydrogens is 326 g/mol. The van der Waals surface area contributed by atoms with E-state index in [0.717, 1.165) is 31.2 Å². The van der Waals surface area contributed by atoms with Crippen LogP contribution in [0.25, 0.3) is 11.0 Å². The van der Waals surface area contributed by atoms with Crippen LogP contribution in [0.4, 0.5) is 0 Å². The highest BCUT2D eigenvalue weighted by atomic mass is 16.1. The molecule has 1 fully saturated rings. The quantitative estimate of drug-likeness (QED) is 0.786. The van der Waals surface area contributed by atoms with Crippen LogP contribution < -0.4 is 5.32 Å². The average molecular weight is 349 g/mol. The molecule has 0 atom stereocenters. The first-order valence-electron chi connectivity index (χ1n) is 9.18. The molecule has 3 aromatic rings. The second-order valence-corrected chi connectivity index (χ2v) is 7.04. The molecule has 1 saturated carbocycles. The lowest BCUT2D eigenvalue weighted by atomic mass is 9.81. The van der Waals surface area contributed by atoms with Gasteiger partial charge < -0.3 is 9.88 Å². The normalized spacial score (nSPS) is 20.2. The Kier molecular flexibility index (Phi) is 4.65. The van der Waals surface area contributed by atoms with Crippen molar-refractivity contribution in [3.05, 3.63) is 54.4 Å². The van der Waals surface area contributed by atoms with Gasteiger partial charge in [0.25, 0.3) is 5.91 Å². The Balaban J connectivity index is 1.34. The molecule has 0 aliphatic heterocycles. The van der Waals surface area contributed by atoms with Gasteiger partial charge in [-0.05, 0) is 43.7 Å². The van der Waals surface area contributed by atoms with Crippen molar-refractivity contribution < 1.29 is 4.79 Å². The fourth-order valence-electron chi connectivity index (χ4n) is 3.90. The van der Waals surface area contributed by atoms with Crippen molar-refractivity contribution in [3.63, 3.8) is 0 Å². The molecule has 1 aromatic carbocycles. The van der Waals surface area contributed by atoms with Gasteiger partial charge in [0, 0.05) is 31.9 Å². The number of carbonyl (C=O) groups is 1. The van der Waals surface area contributed by atoms with Gasteiger partial charge in [-0.1, -0.05) is 12.1 Å². The lowest BCUT2D eigenvalue weighted by molar-refractivity contribution is 0.0937. The number of carbonyl (C=O) groups excluding carboxylic acids is 1. The van der Waals surface area contributed by atoms with E-state index in [-0.39, 0.29) is 5.91 Å². The van der Waals surface area contributed by atoms with Crippen molar-refractivity contribution in [1.29, 1.82) is 0 Å². The predicted molar refractivity (Wildman–Crippen MR) is 99.8 cm³/mol. The summed E-state index contributed by atoms with van der Waals surface area (Å²) in [4.78, 5) is 24.9. The zero-order valence-corrected chi connectivity index (χ0v) is 14.9. The molecule has 0 radical (unpaired) electrons. The van der Waals surface area contributed by atoms with Crippen LogP contribution in [0.2, 0.25) is 0 Å². The van der Waals surface area contributed by atoms with Gasteiger partial charge in [0.1, 0.15) is 11.5 Å². The number of nitrogens with one attached hydrogen (secondary N) is 1. The number of aromatic nitrogens is 4. The maximum atomic E-state index is 12.1. The number of rotatable bonds is 4. The predicted octanol–water partition coefficient (Wildman–Crippen LogP) is 3.07. The Bertz CT molecular complexity index is 897. The molecule has 0 unspecified atom stereocenters. The van der Waals surface area contributed by atoms with Gasteiger partial charge in [-0.25, -0.2) is 9.97 Å². The minimum Gasteiger partial charge on any atom is -0.350 e. The fraction of sp³-hybridized carbons (Fsp3) is 0.400. The summed E-state index contributed by atoms with van der Waals surface area (Å²) in [6.45, 7) is 0.699. The Labute approximate surface area is 152 Å². The number of amides is 1. The molecule has 0 spiro atoms. The van der Waals surface area contributed by atoms with E-state index in [9.17, 15) is 4.79 Å². The summed E-state index contributed by atoms with van der Waals surface area (Å²) in [7, 11) is 2.11. The van der Waals surface area contributed by atoms with Crippen LogP contribution in [0.3, 0.4) is 0 Å². The highest BCUT2D eigenvalue weighted by Gasteiger charge is 2.26. The first-order chi connectivity index (χ1) is 12.7. The summed E-state index contributed by atoms with van der Waals surface area (Å²) < 4.78 is 2.23. The minimum atomic E-state index is -0.143. The van der Waals surface area contributed by atoms with Crippen LogP contribution in [0.5, 0.6) is 0 Å². The first kappa shape index (κ1) is 16.7. The largest absolute Gasteiger partial charge is 0.350 e. The summed E-state index contributed by atoms with van der Waals surface area (Å²) in [5.74, 6) is 2.06. The molecule has 2 aromatic heterocycles. The average Bonchev–Trinajstić information content (AvgIpc) is 3.04. The standard InChI is InChI=1S/C20H23N5O/c1-25-18-5-3-2-4-16(18)24-19(25)15-8-6-14(7-9-15)12-23-20(26)17-13-21-10-11-22-17/h2-5,10-11,13-15H,6-9,12H2,1H3,(H,23,26). The third-order valence-electron chi connectivity index (χ3n) is 5.38. The monoisotopic (exact) mass is 349 g/mol. The van der Waals surface area contributed by atoms with Crippen LogP contribution in [0, 0.1) is 5.92 Å². The molecule has 26 heavy (non-hydrogen) atoms. The van der Waals surface area contributed by atoms with Gasteiger partial charge in [-0.3, -0.25) is 9.78 Å². The van der Waals surface area contributed by atoms with E-state index in [4.69, 9.17) is 4.98 Å². The van der Waals surface area contributed by atoms with E-state index in [1.807, 2.05) is 6.07 Å². The number of aryl methyl sites for hydroxylation is 1. The number of hydrogen-bond acceptors (Lipinski definition) is 4. The van der Waals surface area contributed by atoms with Crippen molar-refractivity contribution in [1.82, 2.24) is 24.8 Å². The molecule has 1 aliphatic rings. The van der Waals surface area contributed by atoms with Gasteiger partial charge in [0.2, 0.25) is 0 Å². The SMILES string of the molecule is Cn1c(C2CCC(CNC(=O)c3cnccn3)CC2)nc2ccccc21. The van der Waals surface area contributed by atoms with Gasteiger partial charge in [-0.15, -0.1) is 0 Å². The summed E-state index contributed by atoms with van der Waals surface area (Å²) in [6, 6.07) is 8.30. The zero-order chi connectivity index (χ0) is 17.9.